The number of fused-ring (bicyclic) bond motifs is 1. The lowest BCUT2D eigenvalue weighted by atomic mass is 10.1. The van der Waals surface area contributed by atoms with Crippen molar-refractivity contribution in [2.45, 2.75) is 20.4 Å². The van der Waals surface area contributed by atoms with Crippen molar-refractivity contribution >= 4 is 28.3 Å². The number of amides is 1. The van der Waals surface area contributed by atoms with Crippen molar-refractivity contribution in [3.05, 3.63) is 86.6 Å². The number of aromatic nitrogens is 4. The molecule has 0 unspecified atom stereocenters. The summed E-state index contributed by atoms with van der Waals surface area (Å²) in [5.74, 6) is -0.509. The second-order valence-electron chi connectivity index (χ2n) is 7.05. The molecule has 0 atom stereocenters. The Bertz CT molecular complexity index is 1390. The highest BCUT2D eigenvalue weighted by Crippen LogP contribution is 2.20. The number of carbonyl (C=O) groups excluding carboxylic acids is 1. The largest absolute Gasteiger partial charge is 0.324 e. The van der Waals surface area contributed by atoms with E-state index in [2.05, 4.69) is 15.4 Å². The number of hydrogen-bond acceptors (Lipinski definition) is 6. The number of benzene rings is 2. The van der Waals surface area contributed by atoms with Gasteiger partial charge in [-0.05, 0) is 37.1 Å². The van der Waals surface area contributed by atoms with Gasteiger partial charge in [0.1, 0.15) is 18.3 Å². The van der Waals surface area contributed by atoms with Crippen molar-refractivity contribution in [2.75, 3.05) is 5.32 Å². The molecule has 4 aromatic rings. The van der Waals surface area contributed by atoms with Crippen LogP contribution in [0.25, 0.3) is 16.7 Å². The Balaban J connectivity index is 1.61. The van der Waals surface area contributed by atoms with Crippen molar-refractivity contribution in [3.63, 3.8) is 0 Å². The third-order valence-corrected chi connectivity index (χ3v) is 5.01. The van der Waals surface area contributed by atoms with Gasteiger partial charge in [-0.1, -0.05) is 18.2 Å². The highest BCUT2D eigenvalue weighted by atomic mass is 16.6. The Labute approximate surface area is 175 Å². The number of nitro groups is 1. The monoisotopic (exact) mass is 418 g/mol. The first-order valence-electron chi connectivity index (χ1n) is 9.39. The van der Waals surface area contributed by atoms with E-state index in [9.17, 15) is 19.7 Å². The van der Waals surface area contributed by atoms with Gasteiger partial charge in [0.05, 0.1) is 16.8 Å². The minimum atomic E-state index is -0.550. The average Bonchev–Trinajstić information content (AvgIpc) is 3.17. The summed E-state index contributed by atoms with van der Waals surface area (Å²) >= 11 is 0. The molecular weight excluding hydrogens is 400 g/mol. The van der Waals surface area contributed by atoms with Crippen LogP contribution in [-0.4, -0.2) is 30.2 Å². The number of nitro benzene ring substituents is 1. The van der Waals surface area contributed by atoms with Crippen molar-refractivity contribution in [1.29, 1.82) is 0 Å². The molecule has 0 aliphatic heterocycles. The first-order chi connectivity index (χ1) is 14.8. The van der Waals surface area contributed by atoms with Gasteiger partial charge in [0, 0.05) is 17.8 Å². The molecule has 156 valence electrons. The van der Waals surface area contributed by atoms with E-state index in [1.165, 1.54) is 41.4 Å². The number of nitrogens with one attached hydrogen (secondary N) is 1. The number of rotatable bonds is 5. The molecule has 10 heteroatoms. The normalized spacial score (nSPS) is 10.9. The average molecular weight is 418 g/mol. The van der Waals surface area contributed by atoms with E-state index >= 15 is 0 Å². The lowest BCUT2D eigenvalue weighted by molar-refractivity contribution is -0.384. The SMILES string of the molecule is Cc1cccc(-n2ncc3c(=O)n(CC(=O)Nc4cccc([N+](=O)[O-])c4)cnc32)c1C. The molecule has 10 nitrogen and oxygen atoms in total. The van der Waals surface area contributed by atoms with Crippen molar-refractivity contribution in [1.82, 2.24) is 19.3 Å². The zero-order chi connectivity index (χ0) is 22.1. The van der Waals surface area contributed by atoms with Gasteiger partial charge in [0.2, 0.25) is 5.91 Å². The fourth-order valence-corrected chi connectivity index (χ4v) is 3.26. The molecule has 1 N–H and O–H groups in total. The summed E-state index contributed by atoms with van der Waals surface area (Å²) < 4.78 is 2.77. The van der Waals surface area contributed by atoms with Gasteiger partial charge < -0.3 is 5.32 Å². The summed E-state index contributed by atoms with van der Waals surface area (Å²) in [4.78, 5) is 39.9. The van der Waals surface area contributed by atoms with Crippen LogP contribution in [0.1, 0.15) is 11.1 Å². The minimum Gasteiger partial charge on any atom is -0.324 e. The highest BCUT2D eigenvalue weighted by Gasteiger charge is 2.15. The van der Waals surface area contributed by atoms with Crippen molar-refractivity contribution < 1.29 is 9.72 Å². The molecule has 4 rings (SSSR count). The standard InChI is InChI=1S/C21H18N6O4/c1-13-5-3-8-18(14(13)2)26-20-17(10-23-26)21(29)25(12-22-20)11-19(28)24-15-6-4-7-16(9-15)27(30)31/h3-10,12H,11H2,1-2H3,(H,24,28). The van der Waals surface area contributed by atoms with Crippen LogP contribution in [0.2, 0.25) is 0 Å². The lowest BCUT2D eigenvalue weighted by Gasteiger charge is -2.10. The maximum atomic E-state index is 12.9. The van der Waals surface area contributed by atoms with Gasteiger partial charge in [-0.25, -0.2) is 9.67 Å². The summed E-state index contributed by atoms with van der Waals surface area (Å²) in [6.07, 6.45) is 2.72. The van der Waals surface area contributed by atoms with Crippen LogP contribution in [0, 0.1) is 24.0 Å². The van der Waals surface area contributed by atoms with Crippen molar-refractivity contribution in [2.24, 2.45) is 0 Å². The maximum absolute atomic E-state index is 12.9. The quantitative estimate of drug-likeness (QED) is 0.392. The second kappa shape index (κ2) is 7.82. The molecule has 0 radical (unpaired) electrons. The maximum Gasteiger partial charge on any atom is 0.271 e. The van der Waals surface area contributed by atoms with Crippen LogP contribution in [0.5, 0.6) is 0 Å². The first kappa shape index (κ1) is 20.0. The Kier molecular flexibility index (Phi) is 5.04. The van der Waals surface area contributed by atoms with E-state index in [0.717, 1.165) is 16.8 Å². The zero-order valence-electron chi connectivity index (χ0n) is 16.8. The van der Waals surface area contributed by atoms with E-state index in [1.54, 1.807) is 4.68 Å². The number of non-ortho nitro benzene ring substituents is 1. The molecular formula is C21H18N6O4. The third-order valence-electron chi connectivity index (χ3n) is 5.01. The van der Waals surface area contributed by atoms with Gasteiger partial charge in [0.15, 0.2) is 5.65 Å². The number of aryl methyl sites for hydroxylation is 1. The molecule has 0 aliphatic rings. The molecule has 0 saturated carbocycles. The molecule has 0 saturated heterocycles. The van der Waals surface area contributed by atoms with Crippen molar-refractivity contribution in [3.8, 4) is 5.69 Å². The summed E-state index contributed by atoms with van der Waals surface area (Å²) in [6.45, 7) is 3.67. The van der Waals surface area contributed by atoms with E-state index in [1.807, 2.05) is 32.0 Å². The molecule has 1 amide bonds. The fourth-order valence-electron chi connectivity index (χ4n) is 3.26. The predicted molar refractivity (Wildman–Crippen MR) is 114 cm³/mol. The summed E-state index contributed by atoms with van der Waals surface area (Å²) in [6, 6.07) is 11.4. The van der Waals surface area contributed by atoms with Crippen LogP contribution in [0.4, 0.5) is 11.4 Å². The molecule has 0 aliphatic carbocycles. The Morgan fingerprint density at radius 2 is 1.97 bits per heavy atom. The Morgan fingerprint density at radius 3 is 2.74 bits per heavy atom. The van der Waals surface area contributed by atoms with E-state index in [-0.39, 0.29) is 23.3 Å². The predicted octanol–water partition coefficient (Wildman–Crippen LogP) is 2.75. The second-order valence-corrected chi connectivity index (χ2v) is 7.05. The fraction of sp³-hybridized carbons (Fsp3) is 0.143. The third kappa shape index (κ3) is 3.78. The Hall–Kier alpha value is -4.34. The topological polar surface area (TPSA) is 125 Å². The van der Waals surface area contributed by atoms with Crippen LogP contribution < -0.4 is 10.9 Å². The van der Waals surface area contributed by atoms with E-state index in [0.29, 0.717) is 5.65 Å². The molecule has 31 heavy (non-hydrogen) atoms. The van der Waals surface area contributed by atoms with Gasteiger partial charge in [0.25, 0.3) is 11.2 Å². The molecule has 2 aromatic carbocycles. The summed E-state index contributed by atoms with van der Waals surface area (Å²) in [5.41, 5.74) is 3.05. The van der Waals surface area contributed by atoms with E-state index in [4.69, 9.17) is 0 Å². The Morgan fingerprint density at radius 1 is 1.19 bits per heavy atom. The molecule has 0 spiro atoms. The van der Waals surface area contributed by atoms with Crippen LogP contribution in [0.15, 0.2) is 59.8 Å². The highest BCUT2D eigenvalue weighted by molar-refractivity contribution is 5.91. The van der Waals surface area contributed by atoms with Gasteiger partial charge in [-0.3, -0.25) is 24.3 Å². The summed E-state index contributed by atoms with van der Waals surface area (Å²) in [7, 11) is 0. The number of hydrogen-bond donors (Lipinski definition) is 1. The van der Waals surface area contributed by atoms with Crippen LogP contribution in [-0.2, 0) is 11.3 Å². The number of carbonyl (C=O) groups is 1. The molecule has 2 heterocycles. The van der Waals surface area contributed by atoms with Crippen LogP contribution >= 0.6 is 0 Å². The molecule has 0 fully saturated rings. The summed E-state index contributed by atoms with van der Waals surface area (Å²) in [5, 5.41) is 18.0. The molecule has 0 bridgehead atoms. The number of anilines is 1. The van der Waals surface area contributed by atoms with Gasteiger partial charge in [-0.15, -0.1) is 0 Å². The van der Waals surface area contributed by atoms with Gasteiger partial charge in [-0.2, -0.15) is 5.10 Å². The van der Waals surface area contributed by atoms with Crippen LogP contribution in [0.3, 0.4) is 0 Å². The zero-order valence-corrected chi connectivity index (χ0v) is 16.8. The molecule has 2 aromatic heterocycles. The lowest BCUT2D eigenvalue weighted by Crippen LogP contribution is -2.27. The van der Waals surface area contributed by atoms with E-state index < -0.39 is 16.4 Å². The first-order valence-corrected chi connectivity index (χ1v) is 9.39. The number of nitrogens with zero attached hydrogens (tertiary/aromatic N) is 5. The smallest absolute Gasteiger partial charge is 0.271 e. The minimum absolute atomic E-state index is 0.142. The van der Waals surface area contributed by atoms with Gasteiger partial charge >= 0.3 is 0 Å².